The Morgan fingerprint density at radius 2 is 1.93 bits per heavy atom. The first kappa shape index (κ1) is 26.8. The Kier molecular flexibility index (Phi) is 7.26. The van der Waals surface area contributed by atoms with Gasteiger partial charge < -0.3 is 14.6 Å². The summed E-state index contributed by atoms with van der Waals surface area (Å²) in [5.74, 6) is -1.84. The number of benzene rings is 2. The minimum absolute atomic E-state index is 0.0964. The molecule has 2 aromatic carbocycles. The van der Waals surface area contributed by atoms with Crippen LogP contribution in [0.25, 0.3) is 10.9 Å². The highest BCUT2D eigenvalue weighted by atomic mass is 35.5. The van der Waals surface area contributed by atoms with E-state index in [1.165, 1.54) is 23.6 Å². The number of aromatic carboxylic acids is 1. The molecule has 6 rings (SSSR count). The first-order valence-electron chi connectivity index (χ1n) is 12.7. The molecule has 1 N–H and O–H groups in total. The molecule has 1 saturated carbocycles. The van der Waals surface area contributed by atoms with Gasteiger partial charge in [-0.05, 0) is 54.9 Å². The molecule has 2 aliphatic rings. The third-order valence-electron chi connectivity index (χ3n) is 7.11. The molecule has 0 unspecified atom stereocenters. The second kappa shape index (κ2) is 10.8. The van der Waals surface area contributed by atoms with E-state index >= 15 is 4.39 Å². The minimum atomic E-state index is -1.30. The molecule has 0 spiro atoms. The van der Waals surface area contributed by atoms with E-state index in [4.69, 9.17) is 23.8 Å². The van der Waals surface area contributed by atoms with Crippen molar-refractivity contribution in [3.63, 3.8) is 0 Å². The van der Waals surface area contributed by atoms with Gasteiger partial charge in [0.05, 0.1) is 17.9 Å². The lowest BCUT2D eigenvalue weighted by atomic mass is 10.1. The molecule has 40 heavy (non-hydrogen) atoms. The van der Waals surface area contributed by atoms with Crippen molar-refractivity contribution >= 4 is 69.1 Å². The highest BCUT2D eigenvalue weighted by molar-refractivity contribution is 7.73. The van der Waals surface area contributed by atoms with E-state index in [9.17, 15) is 14.7 Å². The average molecular weight is 599 g/mol. The van der Waals surface area contributed by atoms with Crippen molar-refractivity contribution in [1.82, 2.24) is 19.2 Å². The van der Waals surface area contributed by atoms with E-state index in [1.54, 1.807) is 29.1 Å². The number of anilines is 1. The van der Waals surface area contributed by atoms with Crippen molar-refractivity contribution in [2.45, 2.75) is 25.6 Å². The SMILES string of the molecule is O=C(O)c1cn(C2CC2)c2cc(N3CCN(Cn4nc(/N=C/c5ccc(Cl)cc5)sc4=S)CC3)c(F)cc2c1=O. The van der Waals surface area contributed by atoms with Crippen LogP contribution >= 0.6 is 35.2 Å². The number of piperazine rings is 1. The van der Waals surface area contributed by atoms with E-state index < -0.39 is 17.2 Å². The van der Waals surface area contributed by atoms with Crippen LogP contribution in [0.4, 0.5) is 15.2 Å². The highest BCUT2D eigenvalue weighted by Gasteiger charge is 2.28. The van der Waals surface area contributed by atoms with Gasteiger partial charge in [0.25, 0.3) is 0 Å². The molecular formula is C27H24ClFN6O3S2. The van der Waals surface area contributed by atoms with Crippen LogP contribution in [0.1, 0.15) is 34.8 Å². The molecule has 4 aromatic rings. The van der Waals surface area contributed by atoms with Crippen LogP contribution in [0.3, 0.4) is 0 Å². The predicted octanol–water partition coefficient (Wildman–Crippen LogP) is 5.34. The average Bonchev–Trinajstić information content (AvgIpc) is 3.72. The Balaban J connectivity index is 1.16. The smallest absolute Gasteiger partial charge is 0.341 e. The summed E-state index contributed by atoms with van der Waals surface area (Å²) in [5, 5.41) is 15.3. The Morgan fingerprint density at radius 1 is 1.20 bits per heavy atom. The lowest BCUT2D eigenvalue weighted by molar-refractivity contribution is 0.0695. The molecule has 0 amide bonds. The Labute approximate surface area is 242 Å². The highest BCUT2D eigenvalue weighted by Crippen LogP contribution is 2.38. The van der Waals surface area contributed by atoms with Gasteiger partial charge in [-0.25, -0.2) is 18.9 Å². The van der Waals surface area contributed by atoms with Crippen LogP contribution in [0, 0.1) is 9.77 Å². The Morgan fingerprint density at radius 3 is 2.60 bits per heavy atom. The number of hydrogen-bond donors (Lipinski definition) is 1. The van der Waals surface area contributed by atoms with E-state index in [-0.39, 0.29) is 17.0 Å². The van der Waals surface area contributed by atoms with Crippen LogP contribution in [0.15, 0.2) is 52.4 Å². The number of fused-ring (bicyclic) bond motifs is 1. The van der Waals surface area contributed by atoms with Crippen LogP contribution < -0.4 is 10.3 Å². The molecule has 13 heteroatoms. The van der Waals surface area contributed by atoms with Gasteiger partial charge in [-0.1, -0.05) is 35.1 Å². The third kappa shape index (κ3) is 5.44. The molecule has 206 valence electrons. The quantitative estimate of drug-likeness (QED) is 0.226. The number of nitrogens with zero attached hydrogens (tertiary/aromatic N) is 6. The van der Waals surface area contributed by atoms with Gasteiger partial charge in [0, 0.05) is 55.0 Å². The second-order valence-corrected chi connectivity index (χ2v) is 11.9. The topological polar surface area (TPSA) is 96.0 Å². The van der Waals surface area contributed by atoms with Crippen LogP contribution in [0.2, 0.25) is 5.02 Å². The molecule has 0 atom stereocenters. The van der Waals surface area contributed by atoms with Crippen molar-refractivity contribution in [1.29, 1.82) is 0 Å². The molecule has 3 heterocycles. The first-order valence-corrected chi connectivity index (χ1v) is 14.3. The monoisotopic (exact) mass is 598 g/mol. The zero-order chi connectivity index (χ0) is 28.0. The predicted molar refractivity (Wildman–Crippen MR) is 157 cm³/mol. The molecule has 2 aromatic heterocycles. The van der Waals surface area contributed by atoms with Crippen LogP contribution in [-0.2, 0) is 6.67 Å². The first-order chi connectivity index (χ1) is 19.3. The number of carbonyl (C=O) groups is 1. The summed E-state index contributed by atoms with van der Waals surface area (Å²) in [6.07, 6.45) is 4.91. The van der Waals surface area contributed by atoms with Crippen molar-refractivity contribution < 1.29 is 14.3 Å². The number of carboxylic acids is 1. The molecule has 0 bridgehead atoms. The standard InChI is InChI=1S/C27H24ClFN6O3S2/c28-17-3-1-16(2-4-17)13-30-26-31-35(27(39)40-26)15-32-7-9-33(10-8-32)23-12-22-19(11-21(23)29)24(36)20(25(37)38)14-34(22)18-5-6-18/h1-4,11-14,18H,5-10,15H2,(H,37,38)/b30-13+. The van der Waals surface area contributed by atoms with E-state index in [0.29, 0.717) is 58.2 Å². The summed E-state index contributed by atoms with van der Waals surface area (Å²) < 4.78 is 19.5. The fourth-order valence-corrected chi connectivity index (χ4v) is 5.90. The van der Waals surface area contributed by atoms with Crippen molar-refractivity contribution in [2.75, 3.05) is 31.1 Å². The summed E-state index contributed by atoms with van der Waals surface area (Å²) in [7, 11) is 0. The van der Waals surface area contributed by atoms with Crippen molar-refractivity contribution in [2.24, 2.45) is 4.99 Å². The number of halogens is 2. The van der Waals surface area contributed by atoms with E-state index in [0.717, 1.165) is 18.4 Å². The Hall–Kier alpha value is -3.45. The van der Waals surface area contributed by atoms with Crippen molar-refractivity contribution in [3.8, 4) is 0 Å². The summed E-state index contributed by atoms with van der Waals surface area (Å²) in [5.41, 5.74) is 0.890. The zero-order valence-electron chi connectivity index (χ0n) is 21.2. The summed E-state index contributed by atoms with van der Waals surface area (Å²) >= 11 is 12.8. The normalized spacial score (nSPS) is 16.3. The third-order valence-corrected chi connectivity index (χ3v) is 8.58. The number of aliphatic imine (C=N–C) groups is 1. The fourth-order valence-electron chi connectivity index (χ4n) is 4.84. The van der Waals surface area contributed by atoms with Gasteiger partial charge in [-0.15, -0.1) is 5.10 Å². The van der Waals surface area contributed by atoms with Gasteiger partial charge in [-0.3, -0.25) is 9.69 Å². The van der Waals surface area contributed by atoms with Gasteiger partial charge in [0.15, 0.2) is 3.95 Å². The van der Waals surface area contributed by atoms with E-state index in [1.807, 2.05) is 21.6 Å². The van der Waals surface area contributed by atoms with Crippen molar-refractivity contribution in [3.05, 3.63) is 78.7 Å². The fraction of sp³-hybridized carbons (Fsp3) is 0.296. The molecule has 0 radical (unpaired) electrons. The maximum absolute atomic E-state index is 15.3. The maximum Gasteiger partial charge on any atom is 0.341 e. The maximum atomic E-state index is 15.3. The summed E-state index contributed by atoms with van der Waals surface area (Å²) in [6, 6.07) is 10.3. The number of pyridine rings is 1. The lowest BCUT2D eigenvalue weighted by Gasteiger charge is -2.36. The van der Waals surface area contributed by atoms with Gasteiger partial charge >= 0.3 is 5.97 Å². The summed E-state index contributed by atoms with van der Waals surface area (Å²) in [6.45, 7) is 2.96. The number of carboxylic acid groups (broad SMARTS) is 1. The molecule has 1 aliphatic carbocycles. The number of aromatic nitrogens is 3. The van der Waals surface area contributed by atoms with E-state index in [2.05, 4.69) is 15.0 Å². The largest absolute Gasteiger partial charge is 0.477 e. The summed E-state index contributed by atoms with van der Waals surface area (Å²) in [4.78, 5) is 33.0. The van der Waals surface area contributed by atoms with Gasteiger partial charge in [-0.2, -0.15) is 0 Å². The second-order valence-electron chi connectivity index (χ2n) is 9.84. The zero-order valence-corrected chi connectivity index (χ0v) is 23.6. The van der Waals surface area contributed by atoms with Gasteiger partial charge in [0.2, 0.25) is 10.6 Å². The number of rotatable bonds is 7. The van der Waals surface area contributed by atoms with Crippen LogP contribution in [0.5, 0.6) is 0 Å². The lowest BCUT2D eigenvalue weighted by Crippen LogP contribution is -2.47. The molecule has 9 nitrogen and oxygen atoms in total. The minimum Gasteiger partial charge on any atom is -0.477 e. The van der Waals surface area contributed by atoms with Crippen LogP contribution in [-0.4, -0.2) is 62.7 Å². The van der Waals surface area contributed by atoms with Gasteiger partial charge in [0.1, 0.15) is 11.4 Å². The molecule has 2 fully saturated rings. The molecule has 1 saturated heterocycles. The molecule has 1 aliphatic heterocycles. The Bertz CT molecular complexity index is 1760. The molecular weight excluding hydrogens is 575 g/mol. The number of hydrogen-bond acceptors (Lipinski definition) is 8.